The van der Waals surface area contributed by atoms with Crippen LogP contribution >= 0.6 is 0 Å². The van der Waals surface area contributed by atoms with Gasteiger partial charge in [0, 0.05) is 6.61 Å². The molecule has 0 spiro atoms. The molecule has 0 saturated heterocycles. The van der Waals surface area contributed by atoms with E-state index in [-0.39, 0.29) is 12.1 Å². The van der Waals surface area contributed by atoms with Gasteiger partial charge in [0.1, 0.15) is 5.75 Å². The number of esters is 1. The van der Waals surface area contributed by atoms with Crippen molar-refractivity contribution in [1.29, 1.82) is 0 Å². The third kappa shape index (κ3) is 13.8. The topological polar surface area (TPSA) is 35.5 Å². The Bertz CT molecular complexity index is 1150. The van der Waals surface area contributed by atoms with Gasteiger partial charge in [-0.1, -0.05) is 152 Å². The second kappa shape index (κ2) is 21.7. The quantitative estimate of drug-likeness (QED) is 0.0619. The minimum atomic E-state index is -0.347. The van der Waals surface area contributed by atoms with Crippen LogP contribution in [0.2, 0.25) is 0 Å². The summed E-state index contributed by atoms with van der Waals surface area (Å²) in [4.78, 5) is 12.7. The average Bonchev–Trinajstić information content (AvgIpc) is 3.06. The Balaban J connectivity index is 1.27. The fourth-order valence-electron chi connectivity index (χ4n) is 5.67. The highest BCUT2D eigenvalue weighted by Crippen LogP contribution is 2.24. The average molecular weight is 599 g/mol. The van der Waals surface area contributed by atoms with E-state index in [1.165, 1.54) is 107 Å². The Morgan fingerprint density at radius 1 is 0.568 bits per heavy atom. The monoisotopic (exact) mass is 598 g/mol. The molecule has 0 aliphatic carbocycles. The van der Waals surface area contributed by atoms with Crippen molar-refractivity contribution in [2.24, 2.45) is 0 Å². The zero-order valence-corrected chi connectivity index (χ0v) is 28.0. The summed E-state index contributed by atoms with van der Waals surface area (Å²) in [5.74, 6) is 0.202. The van der Waals surface area contributed by atoms with Gasteiger partial charge in [-0.2, -0.15) is 0 Å². The summed E-state index contributed by atoms with van der Waals surface area (Å²) in [5, 5.41) is 0. The van der Waals surface area contributed by atoms with Gasteiger partial charge >= 0.3 is 5.97 Å². The predicted octanol–water partition coefficient (Wildman–Crippen LogP) is 12.5. The summed E-state index contributed by atoms with van der Waals surface area (Å²) in [6, 6.07) is 24.1. The zero-order valence-electron chi connectivity index (χ0n) is 28.0. The van der Waals surface area contributed by atoms with Crippen molar-refractivity contribution in [1.82, 2.24) is 0 Å². The fourth-order valence-corrected chi connectivity index (χ4v) is 5.67. The van der Waals surface area contributed by atoms with Crippen LogP contribution in [-0.4, -0.2) is 12.6 Å². The molecule has 240 valence electrons. The molecule has 0 aromatic heterocycles. The molecule has 0 bridgehead atoms. The molecule has 0 radical (unpaired) electrons. The van der Waals surface area contributed by atoms with Crippen molar-refractivity contribution in [3.05, 3.63) is 89.5 Å². The number of unbranched alkanes of at least 4 members (excludes halogenated alkanes) is 14. The van der Waals surface area contributed by atoms with Gasteiger partial charge in [0.15, 0.2) is 0 Å². The van der Waals surface area contributed by atoms with E-state index >= 15 is 0 Å². The number of hydrogen-bond donors (Lipinski definition) is 0. The first-order chi connectivity index (χ1) is 21.6. The normalized spacial score (nSPS) is 11.9. The molecule has 3 aromatic carbocycles. The van der Waals surface area contributed by atoms with E-state index in [1.54, 1.807) is 0 Å². The number of rotatable bonds is 23. The first-order valence-corrected chi connectivity index (χ1v) is 17.7. The third-order valence-electron chi connectivity index (χ3n) is 8.65. The van der Waals surface area contributed by atoms with E-state index in [9.17, 15) is 4.79 Å². The summed E-state index contributed by atoms with van der Waals surface area (Å²) >= 11 is 0. The van der Waals surface area contributed by atoms with E-state index < -0.39 is 0 Å². The molecule has 0 fully saturated rings. The third-order valence-corrected chi connectivity index (χ3v) is 8.65. The van der Waals surface area contributed by atoms with Gasteiger partial charge in [0.25, 0.3) is 0 Å². The molecular weight excluding hydrogens is 540 g/mol. The molecule has 1 atom stereocenters. The predicted molar refractivity (Wildman–Crippen MR) is 187 cm³/mol. The van der Waals surface area contributed by atoms with Crippen LogP contribution in [0.1, 0.15) is 151 Å². The van der Waals surface area contributed by atoms with Crippen LogP contribution < -0.4 is 4.74 Å². The van der Waals surface area contributed by atoms with Gasteiger partial charge in [-0.25, -0.2) is 4.79 Å². The largest absolute Gasteiger partial charge is 0.423 e. The molecule has 3 heteroatoms. The van der Waals surface area contributed by atoms with Crippen molar-refractivity contribution in [2.75, 3.05) is 6.61 Å². The first kappa shape index (κ1) is 35.6. The molecule has 0 aliphatic heterocycles. The van der Waals surface area contributed by atoms with Crippen LogP contribution in [0.4, 0.5) is 0 Å². The number of carbonyl (C=O) groups excluding carboxylic acids is 1. The first-order valence-electron chi connectivity index (χ1n) is 17.7. The lowest BCUT2D eigenvalue weighted by Gasteiger charge is -2.14. The molecule has 3 aromatic rings. The van der Waals surface area contributed by atoms with Gasteiger partial charge in [-0.15, -0.1) is 0 Å². The van der Waals surface area contributed by atoms with Crippen molar-refractivity contribution in [2.45, 2.75) is 136 Å². The highest BCUT2D eigenvalue weighted by Gasteiger charge is 2.11. The second-order valence-corrected chi connectivity index (χ2v) is 12.4. The Kier molecular flexibility index (Phi) is 17.6. The van der Waals surface area contributed by atoms with Crippen molar-refractivity contribution in [3.63, 3.8) is 0 Å². The summed E-state index contributed by atoms with van der Waals surface area (Å²) in [7, 11) is 0. The van der Waals surface area contributed by atoms with Crippen LogP contribution in [0.3, 0.4) is 0 Å². The highest BCUT2D eigenvalue weighted by molar-refractivity contribution is 5.91. The zero-order chi connectivity index (χ0) is 31.2. The Labute approximate surface area is 268 Å². The lowest BCUT2D eigenvalue weighted by Crippen LogP contribution is -2.09. The number of aryl methyl sites for hydroxylation is 1. The molecule has 3 nitrogen and oxygen atoms in total. The molecule has 0 heterocycles. The lowest BCUT2D eigenvalue weighted by atomic mass is 10.0. The van der Waals surface area contributed by atoms with Crippen LogP contribution in [-0.2, 0) is 11.2 Å². The Morgan fingerprint density at radius 2 is 1.05 bits per heavy atom. The van der Waals surface area contributed by atoms with Gasteiger partial charge < -0.3 is 9.47 Å². The molecule has 0 amide bonds. The van der Waals surface area contributed by atoms with Crippen molar-refractivity contribution in [3.8, 4) is 16.9 Å². The second-order valence-electron chi connectivity index (χ2n) is 12.4. The van der Waals surface area contributed by atoms with Gasteiger partial charge in [0.2, 0.25) is 0 Å². The maximum absolute atomic E-state index is 12.7. The van der Waals surface area contributed by atoms with Crippen LogP contribution in [0.15, 0.2) is 72.8 Å². The van der Waals surface area contributed by atoms with Gasteiger partial charge in [-0.05, 0) is 72.7 Å². The molecule has 0 aliphatic rings. The fraction of sp³-hybridized carbons (Fsp3) is 0.537. The molecular formula is C41H58O3. The Morgan fingerprint density at radius 3 is 1.57 bits per heavy atom. The lowest BCUT2D eigenvalue weighted by molar-refractivity contribution is 0.0626. The van der Waals surface area contributed by atoms with Crippen LogP contribution in [0, 0.1) is 0 Å². The molecule has 1 unspecified atom stereocenters. The SMILES string of the molecule is CCCCCCCCCCCCCCCCOC(C)c1ccc(C(=O)Oc2ccc(-c3ccc(CCCC)cc3)cc2)cc1. The van der Waals surface area contributed by atoms with Crippen molar-refractivity contribution < 1.29 is 14.3 Å². The van der Waals surface area contributed by atoms with E-state index in [2.05, 4.69) is 45.0 Å². The summed E-state index contributed by atoms with van der Waals surface area (Å²) < 4.78 is 11.7. The molecule has 44 heavy (non-hydrogen) atoms. The van der Waals surface area contributed by atoms with E-state index in [0.717, 1.165) is 30.6 Å². The maximum atomic E-state index is 12.7. The number of ether oxygens (including phenoxy) is 2. The van der Waals surface area contributed by atoms with Gasteiger partial charge in [0.05, 0.1) is 11.7 Å². The molecule has 3 rings (SSSR count). The molecule has 0 saturated carbocycles. The van der Waals surface area contributed by atoms with Crippen LogP contribution in [0.5, 0.6) is 5.75 Å². The smallest absolute Gasteiger partial charge is 0.343 e. The minimum Gasteiger partial charge on any atom is -0.423 e. The maximum Gasteiger partial charge on any atom is 0.343 e. The molecule has 0 N–H and O–H groups in total. The number of benzene rings is 3. The van der Waals surface area contributed by atoms with E-state index in [4.69, 9.17) is 9.47 Å². The van der Waals surface area contributed by atoms with E-state index in [1.807, 2.05) is 48.5 Å². The van der Waals surface area contributed by atoms with Crippen molar-refractivity contribution >= 4 is 5.97 Å². The summed E-state index contributed by atoms with van der Waals surface area (Å²) in [5.41, 5.74) is 5.27. The standard InChI is InChI=1S/C41H58O3/c1-4-6-8-9-10-11-12-13-14-15-16-17-18-19-33-43-34(3)36-25-27-39(28-26-36)41(42)44-40-31-29-38(30-32-40)37-23-21-35(22-24-37)20-7-5-2/h21-32,34H,4-20,33H2,1-3H3. The Hall–Kier alpha value is -2.91. The number of carbonyl (C=O) groups is 1. The summed E-state index contributed by atoms with van der Waals surface area (Å²) in [6.07, 6.45) is 22.6. The number of hydrogen-bond acceptors (Lipinski definition) is 3. The van der Waals surface area contributed by atoms with Crippen LogP contribution in [0.25, 0.3) is 11.1 Å². The van der Waals surface area contributed by atoms with E-state index in [0.29, 0.717) is 11.3 Å². The highest BCUT2D eigenvalue weighted by atomic mass is 16.5. The summed E-state index contributed by atoms with van der Waals surface area (Å²) in [6.45, 7) is 7.36. The minimum absolute atomic E-state index is 0.00954. The van der Waals surface area contributed by atoms with Gasteiger partial charge in [-0.3, -0.25) is 0 Å².